The molecule has 0 fully saturated rings. The molecule has 0 bridgehead atoms. The van der Waals surface area contributed by atoms with Crippen molar-refractivity contribution in [3.8, 4) is 5.69 Å². The minimum absolute atomic E-state index is 0.731. The van der Waals surface area contributed by atoms with E-state index in [1.54, 1.807) is 0 Å². The topological polar surface area (TPSA) is 17.8 Å². The summed E-state index contributed by atoms with van der Waals surface area (Å²) >= 11 is 8.26. The summed E-state index contributed by atoms with van der Waals surface area (Å²) < 4.78 is 2.80. The molecule has 0 aliphatic rings. The Labute approximate surface area is 101 Å². The van der Waals surface area contributed by atoms with Gasteiger partial charge in [-0.05, 0) is 41.6 Å². The summed E-state index contributed by atoms with van der Waals surface area (Å²) in [6.07, 6.45) is 0. The van der Waals surface area contributed by atoms with Crippen LogP contribution in [-0.2, 0) is 0 Å². The Bertz CT molecular complexity index is 451. The quantitative estimate of drug-likeness (QED) is 0.737. The monoisotopic (exact) mass is 318 g/mol. The lowest BCUT2D eigenvalue weighted by Crippen LogP contribution is -1.98. The minimum atomic E-state index is 0.731. The van der Waals surface area contributed by atoms with Gasteiger partial charge < -0.3 is 0 Å². The number of benzene rings is 1. The van der Waals surface area contributed by atoms with Crippen molar-refractivity contribution < 1.29 is 0 Å². The molecule has 2 aromatic rings. The van der Waals surface area contributed by atoms with Gasteiger partial charge in [-0.25, -0.2) is 4.68 Å². The molecule has 0 atom stereocenters. The van der Waals surface area contributed by atoms with Gasteiger partial charge >= 0.3 is 0 Å². The maximum absolute atomic E-state index is 6.06. The van der Waals surface area contributed by atoms with Gasteiger partial charge in [0.15, 0.2) is 0 Å². The summed E-state index contributed by atoms with van der Waals surface area (Å²) in [6, 6.07) is 9.96. The molecular weight excluding hydrogens is 310 g/mol. The van der Waals surface area contributed by atoms with Crippen molar-refractivity contribution in [2.75, 3.05) is 0 Å². The zero-order valence-electron chi connectivity index (χ0n) is 7.54. The van der Waals surface area contributed by atoms with E-state index in [0.29, 0.717) is 0 Å². The van der Waals surface area contributed by atoms with Gasteiger partial charge in [-0.1, -0.05) is 29.8 Å². The Morgan fingerprint density at radius 3 is 2.43 bits per heavy atom. The van der Waals surface area contributed by atoms with Crippen LogP contribution in [0.4, 0.5) is 0 Å². The van der Waals surface area contributed by atoms with E-state index >= 15 is 0 Å². The van der Waals surface area contributed by atoms with Gasteiger partial charge in [-0.3, -0.25) is 0 Å². The molecule has 0 spiro atoms. The van der Waals surface area contributed by atoms with Crippen molar-refractivity contribution >= 4 is 34.2 Å². The summed E-state index contributed by atoms with van der Waals surface area (Å²) in [5.41, 5.74) is 1.90. The number of aromatic nitrogens is 2. The summed E-state index contributed by atoms with van der Waals surface area (Å²) in [5.74, 6) is 0. The van der Waals surface area contributed by atoms with Crippen molar-refractivity contribution in [3.63, 3.8) is 0 Å². The van der Waals surface area contributed by atoms with E-state index in [-0.39, 0.29) is 0 Å². The molecule has 1 heterocycles. The Kier molecular flexibility index (Phi) is 2.78. The van der Waals surface area contributed by atoms with Crippen LogP contribution in [0.25, 0.3) is 5.69 Å². The standard InChI is InChI=1S/C10H8ClIN2/c1-7-9(11)10(12)14(13-7)8-5-3-2-4-6-8/h2-6H,1H3. The zero-order chi connectivity index (χ0) is 10.1. The van der Waals surface area contributed by atoms with E-state index in [9.17, 15) is 0 Å². The third-order valence-corrected chi connectivity index (χ3v) is 3.70. The number of hydrogen-bond donors (Lipinski definition) is 0. The van der Waals surface area contributed by atoms with Gasteiger partial charge in [-0.15, -0.1) is 0 Å². The molecule has 0 saturated heterocycles. The van der Waals surface area contributed by atoms with Crippen molar-refractivity contribution in [1.29, 1.82) is 0 Å². The summed E-state index contributed by atoms with van der Waals surface area (Å²) in [5, 5.41) is 5.09. The second kappa shape index (κ2) is 3.90. The van der Waals surface area contributed by atoms with E-state index in [0.717, 1.165) is 20.1 Å². The molecule has 0 aliphatic carbocycles. The molecule has 0 radical (unpaired) electrons. The van der Waals surface area contributed by atoms with Crippen LogP contribution in [0.15, 0.2) is 30.3 Å². The summed E-state index contributed by atoms with van der Waals surface area (Å²) in [7, 11) is 0. The first-order valence-corrected chi connectivity index (χ1v) is 5.62. The fourth-order valence-electron chi connectivity index (χ4n) is 1.22. The molecule has 2 nitrogen and oxygen atoms in total. The summed E-state index contributed by atoms with van der Waals surface area (Å²) in [6.45, 7) is 1.91. The number of halogens is 2. The average Bonchev–Trinajstić information content (AvgIpc) is 2.47. The van der Waals surface area contributed by atoms with E-state index < -0.39 is 0 Å². The maximum Gasteiger partial charge on any atom is 0.124 e. The van der Waals surface area contributed by atoms with Crippen LogP contribution < -0.4 is 0 Å². The molecule has 0 amide bonds. The van der Waals surface area contributed by atoms with Gasteiger partial charge in [-0.2, -0.15) is 5.10 Å². The lowest BCUT2D eigenvalue weighted by atomic mass is 10.3. The van der Waals surface area contributed by atoms with Crippen LogP contribution in [0.5, 0.6) is 0 Å². The Morgan fingerprint density at radius 1 is 1.29 bits per heavy atom. The van der Waals surface area contributed by atoms with Gasteiger partial charge in [0, 0.05) is 0 Å². The summed E-state index contributed by atoms with van der Waals surface area (Å²) in [4.78, 5) is 0. The molecule has 14 heavy (non-hydrogen) atoms. The van der Waals surface area contributed by atoms with Gasteiger partial charge in [0.05, 0.1) is 16.4 Å². The van der Waals surface area contributed by atoms with E-state index in [1.807, 2.05) is 41.9 Å². The predicted octanol–water partition coefficient (Wildman–Crippen LogP) is 3.44. The molecule has 0 aliphatic heterocycles. The van der Waals surface area contributed by atoms with E-state index in [1.165, 1.54) is 0 Å². The first-order valence-electron chi connectivity index (χ1n) is 4.16. The molecule has 2 rings (SSSR count). The third kappa shape index (κ3) is 1.66. The van der Waals surface area contributed by atoms with Crippen molar-refractivity contribution in [2.45, 2.75) is 6.92 Å². The molecule has 72 valence electrons. The van der Waals surface area contributed by atoms with Crippen LogP contribution in [0.2, 0.25) is 5.02 Å². The lowest BCUT2D eigenvalue weighted by molar-refractivity contribution is 0.843. The van der Waals surface area contributed by atoms with Crippen LogP contribution >= 0.6 is 34.2 Å². The maximum atomic E-state index is 6.06. The molecular formula is C10H8ClIN2. The zero-order valence-corrected chi connectivity index (χ0v) is 10.5. The fourth-order valence-corrected chi connectivity index (χ4v) is 2.11. The molecule has 1 aromatic carbocycles. The van der Waals surface area contributed by atoms with Gasteiger partial charge in [0.2, 0.25) is 0 Å². The smallest absolute Gasteiger partial charge is 0.124 e. The fraction of sp³-hybridized carbons (Fsp3) is 0.100. The van der Waals surface area contributed by atoms with Crippen LogP contribution in [-0.4, -0.2) is 9.78 Å². The highest BCUT2D eigenvalue weighted by Gasteiger charge is 2.10. The second-order valence-electron chi connectivity index (χ2n) is 2.94. The number of para-hydroxylation sites is 1. The molecule has 0 unspecified atom stereocenters. The Hall–Kier alpha value is -0.550. The van der Waals surface area contributed by atoms with Gasteiger partial charge in [0.1, 0.15) is 3.70 Å². The number of nitrogens with zero attached hydrogens (tertiary/aromatic N) is 2. The largest absolute Gasteiger partial charge is 0.226 e. The van der Waals surface area contributed by atoms with E-state index in [4.69, 9.17) is 11.6 Å². The van der Waals surface area contributed by atoms with Crippen molar-refractivity contribution in [3.05, 3.63) is 44.7 Å². The first-order chi connectivity index (χ1) is 6.70. The highest BCUT2D eigenvalue weighted by atomic mass is 127. The second-order valence-corrected chi connectivity index (χ2v) is 4.34. The molecule has 4 heteroatoms. The Morgan fingerprint density at radius 2 is 1.93 bits per heavy atom. The lowest BCUT2D eigenvalue weighted by Gasteiger charge is -2.01. The van der Waals surface area contributed by atoms with Crippen LogP contribution in [0.3, 0.4) is 0 Å². The van der Waals surface area contributed by atoms with Gasteiger partial charge in [0.25, 0.3) is 0 Å². The van der Waals surface area contributed by atoms with Crippen molar-refractivity contribution in [2.24, 2.45) is 0 Å². The number of rotatable bonds is 1. The SMILES string of the molecule is Cc1nn(-c2ccccc2)c(I)c1Cl. The average molecular weight is 319 g/mol. The van der Waals surface area contributed by atoms with Crippen LogP contribution in [0.1, 0.15) is 5.69 Å². The van der Waals surface area contributed by atoms with Crippen LogP contribution in [0, 0.1) is 10.6 Å². The highest BCUT2D eigenvalue weighted by Crippen LogP contribution is 2.24. The van der Waals surface area contributed by atoms with Crippen molar-refractivity contribution in [1.82, 2.24) is 9.78 Å². The number of hydrogen-bond acceptors (Lipinski definition) is 1. The minimum Gasteiger partial charge on any atom is -0.226 e. The normalized spacial score (nSPS) is 10.5. The predicted molar refractivity (Wildman–Crippen MR) is 66.0 cm³/mol. The van der Waals surface area contributed by atoms with E-state index in [2.05, 4.69) is 27.7 Å². The molecule has 0 saturated carbocycles. The molecule has 1 aromatic heterocycles. The molecule has 0 N–H and O–H groups in total. The third-order valence-electron chi connectivity index (χ3n) is 1.94. The first kappa shape index (κ1) is 9.98. The number of aryl methyl sites for hydroxylation is 1. The highest BCUT2D eigenvalue weighted by molar-refractivity contribution is 14.1. The Balaban J connectivity index is 2.58.